The topological polar surface area (TPSA) is 338 Å². The van der Waals surface area contributed by atoms with Gasteiger partial charge >= 0.3 is 53.0 Å². The molecule has 47 heavy (non-hydrogen) atoms. The number of phosphoric ester groups is 3. The Morgan fingerprint density at radius 2 is 0.830 bits per heavy atom. The SMILES string of the molecule is CC(C)[O-].CCCCOP(=O)(OC)OP(=O)(O)O.CCCCOP(=O)(OC)OP(=O)([O-])O.CCCCOP(=O)(OC)OP(=O)([O-])[O-].[Ti+4]. The van der Waals surface area contributed by atoms with Crippen molar-refractivity contribution in [3.05, 3.63) is 0 Å². The van der Waals surface area contributed by atoms with Gasteiger partial charge in [-0.1, -0.05) is 53.9 Å². The van der Waals surface area contributed by atoms with Crippen LogP contribution in [0.15, 0.2) is 0 Å². The van der Waals surface area contributed by atoms with Crippen LogP contribution in [0, 0.1) is 0 Å². The molecule has 0 saturated carbocycles. The maximum atomic E-state index is 11.3. The van der Waals surface area contributed by atoms with Gasteiger partial charge in [0.05, 0.1) is 27.6 Å². The van der Waals surface area contributed by atoms with E-state index in [1.54, 1.807) is 13.8 Å². The molecule has 29 heteroatoms. The van der Waals surface area contributed by atoms with E-state index in [9.17, 15) is 47.2 Å². The second-order valence-electron chi connectivity index (χ2n) is 8.15. The number of hydrogen-bond acceptors (Lipinski definition) is 19. The van der Waals surface area contributed by atoms with Crippen molar-refractivity contribution in [1.29, 1.82) is 0 Å². The van der Waals surface area contributed by atoms with Crippen molar-refractivity contribution in [2.45, 2.75) is 79.2 Å². The third-order valence-electron chi connectivity index (χ3n) is 3.52. The Bertz CT molecular complexity index is 917. The minimum atomic E-state index is -5.37. The van der Waals surface area contributed by atoms with Crippen LogP contribution in [-0.4, -0.2) is 61.9 Å². The van der Waals surface area contributed by atoms with Gasteiger partial charge < -0.3 is 39.0 Å². The summed E-state index contributed by atoms with van der Waals surface area (Å²) in [5, 5.41) is 9.53. The van der Waals surface area contributed by atoms with E-state index < -0.39 is 53.0 Å². The molecule has 0 amide bonds. The average molecular weight is 848 g/mol. The second-order valence-corrected chi connectivity index (χ2v) is 17.5. The van der Waals surface area contributed by atoms with Crippen LogP contribution in [-0.2, 0) is 89.2 Å². The van der Waals surface area contributed by atoms with Gasteiger partial charge in [0.15, 0.2) is 0 Å². The van der Waals surface area contributed by atoms with Crippen LogP contribution in [0.4, 0.5) is 0 Å². The van der Waals surface area contributed by atoms with Gasteiger partial charge in [-0.25, -0.2) is 22.6 Å². The Hall–Kier alpha value is 1.45. The summed E-state index contributed by atoms with van der Waals surface area (Å²) < 4.78 is 102. The molecule has 0 rings (SSSR count). The Morgan fingerprint density at radius 3 is 1.02 bits per heavy atom. The minimum Gasteiger partial charge on any atom is -0.852 e. The molecule has 22 nitrogen and oxygen atoms in total. The normalized spacial score (nSPS) is 16.6. The number of rotatable bonds is 21. The van der Waals surface area contributed by atoms with Gasteiger partial charge in [-0.3, -0.25) is 36.0 Å². The van der Waals surface area contributed by atoms with E-state index >= 15 is 0 Å². The van der Waals surface area contributed by atoms with E-state index in [-0.39, 0.29) is 41.5 Å². The third kappa shape index (κ3) is 45.4. The number of unbranched alkanes of at least 4 members (excludes halogenated alkanes) is 3. The molecule has 0 aliphatic carbocycles. The summed E-state index contributed by atoms with van der Waals surface area (Å²) in [6.07, 6.45) is 3.63. The van der Waals surface area contributed by atoms with Crippen molar-refractivity contribution >= 4 is 46.9 Å². The summed E-state index contributed by atoms with van der Waals surface area (Å²) in [5.41, 5.74) is 0. The summed E-state index contributed by atoms with van der Waals surface area (Å²) in [5.74, 6) is 0. The molecule has 0 aromatic rings. The summed E-state index contributed by atoms with van der Waals surface area (Å²) in [7, 11) is -25.0. The van der Waals surface area contributed by atoms with E-state index in [1.807, 2.05) is 20.8 Å². The zero-order chi connectivity index (χ0) is 37.3. The Morgan fingerprint density at radius 1 is 0.574 bits per heavy atom. The molecule has 4 unspecified atom stereocenters. The summed E-state index contributed by atoms with van der Waals surface area (Å²) >= 11 is 0. The van der Waals surface area contributed by atoms with Crippen LogP contribution in [0.5, 0.6) is 0 Å². The van der Waals surface area contributed by atoms with Crippen molar-refractivity contribution in [2.24, 2.45) is 0 Å². The molecule has 3 N–H and O–H groups in total. The molecule has 0 saturated heterocycles. The van der Waals surface area contributed by atoms with Crippen LogP contribution in [0.1, 0.15) is 73.1 Å². The largest absolute Gasteiger partial charge is 4.00 e. The van der Waals surface area contributed by atoms with Gasteiger partial charge in [-0.05, 0) is 19.3 Å². The third-order valence-corrected chi connectivity index (χ3v) is 11.2. The molecule has 4 atom stereocenters. The maximum absolute atomic E-state index is 11.3. The molecule has 0 aromatic heterocycles. The van der Waals surface area contributed by atoms with Gasteiger partial charge in [-0.2, -0.15) is 4.31 Å². The molecule has 0 radical (unpaired) electrons. The average Bonchev–Trinajstić information content (AvgIpc) is 2.86. The van der Waals surface area contributed by atoms with Gasteiger partial charge in [0.2, 0.25) is 0 Å². The fraction of sp³-hybridized carbons (Fsp3) is 1.00. The molecular weight excluding hydrogens is 802 g/mol. The van der Waals surface area contributed by atoms with Crippen molar-refractivity contribution in [3.8, 4) is 0 Å². The fourth-order valence-electron chi connectivity index (χ4n) is 1.67. The predicted octanol–water partition coefficient (Wildman–Crippen LogP) is 2.86. The van der Waals surface area contributed by atoms with Gasteiger partial charge in [0.25, 0.3) is 7.82 Å². The fourth-order valence-corrected chi connectivity index (χ4v) is 7.44. The van der Waals surface area contributed by atoms with Gasteiger partial charge in [0.1, 0.15) is 0 Å². The van der Waals surface area contributed by atoms with Crippen molar-refractivity contribution in [3.63, 3.8) is 0 Å². The summed E-state index contributed by atoms with van der Waals surface area (Å²) in [6, 6.07) is 0. The van der Waals surface area contributed by atoms with E-state index in [0.717, 1.165) is 40.6 Å². The van der Waals surface area contributed by atoms with E-state index in [4.69, 9.17) is 14.7 Å². The minimum absolute atomic E-state index is 0. The van der Waals surface area contributed by atoms with E-state index in [0.29, 0.717) is 19.3 Å². The van der Waals surface area contributed by atoms with Crippen LogP contribution < -0.4 is 19.8 Å². The van der Waals surface area contributed by atoms with Crippen LogP contribution in [0.3, 0.4) is 0 Å². The molecule has 0 bridgehead atoms. The molecule has 0 spiro atoms. The molecular formula is C18H46O22P6Ti. The van der Waals surface area contributed by atoms with E-state index in [2.05, 4.69) is 40.1 Å². The first-order valence-corrected chi connectivity index (χ1v) is 21.9. The predicted molar refractivity (Wildman–Crippen MR) is 154 cm³/mol. The van der Waals surface area contributed by atoms with Crippen molar-refractivity contribution in [1.82, 2.24) is 0 Å². The van der Waals surface area contributed by atoms with Crippen LogP contribution in [0.25, 0.3) is 0 Å². The number of hydrogen-bond donors (Lipinski definition) is 3. The van der Waals surface area contributed by atoms with Crippen LogP contribution in [0.2, 0.25) is 0 Å². The molecule has 0 aliphatic rings. The molecule has 0 fully saturated rings. The monoisotopic (exact) mass is 848 g/mol. The Balaban J connectivity index is -0.000000175. The van der Waals surface area contributed by atoms with Gasteiger partial charge in [0, 0.05) is 21.3 Å². The first-order chi connectivity index (χ1) is 20.7. The van der Waals surface area contributed by atoms with Crippen molar-refractivity contribution in [2.75, 3.05) is 41.2 Å². The first kappa shape index (κ1) is 57.8. The van der Waals surface area contributed by atoms with Gasteiger partial charge in [-0.15, -0.1) is 6.10 Å². The van der Waals surface area contributed by atoms with Crippen LogP contribution >= 0.6 is 46.9 Å². The number of phosphoric acid groups is 6. The van der Waals surface area contributed by atoms with E-state index in [1.165, 1.54) is 0 Å². The smallest absolute Gasteiger partial charge is 0.852 e. The zero-order valence-electron chi connectivity index (χ0n) is 27.2. The quantitative estimate of drug-likeness (QED) is 0.0849. The maximum Gasteiger partial charge on any atom is 4.00 e. The standard InChI is InChI=1S/3C5H14O7P2.C3H7O.Ti/c3*1-3-4-5-11-14(9,10-2)12-13(6,7)8;1-3(2)4;/h3*3-5H2,1-2H3,(H2,6,7,8);3H,1-2H3;/q;;;-1;+4/p-3. The first-order valence-electron chi connectivity index (χ1n) is 13.0. The molecule has 0 aliphatic heterocycles. The second kappa shape index (κ2) is 30.0. The molecule has 0 heterocycles. The molecule has 284 valence electrons. The van der Waals surface area contributed by atoms with Crippen molar-refractivity contribution < 1.29 is 124 Å². The zero-order valence-corrected chi connectivity index (χ0v) is 34.2. The summed E-state index contributed by atoms with van der Waals surface area (Å²) in [6.45, 7) is 8.91. The summed E-state index contributed by atoms with van der Waals surface area (Å²) in [4.78, 5) is 55.7. The Labute approximate surface area is 290 Å². The Kier molecular flexibility index (Phi) is 36.8. The molecule has 0 aromatic carbocycles.